The molecule has 92 heavy (non-hydrogen) atoms. The molecule has 0 amide bonds. The van der Waals surface area contributed by atoms with Gasteiger partial charge in [0, 0.05) is 25.7 Å². The van der Waals surface area contributed by atoms with Crippen molar-refractivity contribution >= 4 is 39.5 Å². The molecule has 0 saturated carbocycles. The zero-order valence-corrected chi connectivity index (χ0v) is 62.0. The second kappa shape index (κ2) is 62.6. The Bertz CT molecular complexity index is 1820. The van der Waals surface area contributed by atoms with E-state index in [-0.39, 0.29) is 25.7 Å². The summed E-state index contributed by atoms with van der Waals surface area (Å²) in [6.45, 7) is 14.1. The van der Waals surface area contributed by atoms with Crippen LogP contribution in [0.5, 0.6) is 0 Å². The summed E-state index contributed by atoms with van der Waals surface area (Å²) >= 11 is 0. The van der Waals surface area contributed by atoms with Crippen molar-refractivity contribution in [1.29, 1.82) is 0 Å². The minimum atomic E-state index is -4.96. The fourth-order valence-corrected chi connectivity index (χ4v) is 12.6. The zero-order valence-electron chi connectivity index (χ0n) is 60.2. The molecule has 0 spiro atoms. The van der Waals surface area contributed by atoms with E-state index in [4.69, 9.17) is 37.0 Å². The number of aliphatic hydroxyl groups is 1. The van der Waals surface area contributed by atoms with Crippen LogP contribution < -0.4 is 0 Å². The van der Waals surface area contributed by atoms with Crippen LogP contribution in [0.1, 0.15) is 364 Å². The normalized spacial score (nSPS) is 14.5. The van der Waals surface area contributed by atoms with Crippen molar-refractivity contribution in [2.24, 2.45) is 23.7 Å². The lowest BCUT2D eigenvalue weighted by atomic mass is 10.00. The highest BCUT2D eigenvalue weighted by atomic mass is 31.2. The number of rotatable bonds is 70. The van der Waals surface area contributed by atoms with Crippen LogP contribution in [0, 0.1) is 23.7 Å². The van der Waals surface area contributed by atoms with Crippen molar-refractivity contribution in [1.82, 2.24) is 0 Å². The van der Waals surface area contributed by atoms with Gasteiger partial charge in [-0.15, -0.1) is 0 Å². The number of aliphatic hydroxyl groups excluding tert-OH is 1. The minimum Gasteiger partial charge on any atom is -0.462 e. The van der Waals surface area contributed by atoms with Crippen molar-refractivity contribution in [3.8, 4) is 0 Å². The average Bonchev–Trinajstić information content (AvgIpc) is 2.47. The molecule has 0 aliphatic carbocycles. The summed E-state index contributed by atoms with van der Waals surface area (Å²) in [5.41, 5.74) is 0. The third-order valence-electron chi connectivity index (χ3n) is 17.2. The van der Waals surface area contributed by atoms with Gasteiger partial charge in [0.1, 0.15) is 19.3 Å². The van der Waals surface area contributed by atoms with Gasteiger partial charge in [0.15, 0.2) is 12.2 Å². The van der Waals surface area contributed by atoms with Crippen molar-refractivity contribution in [2.75, 3.05) is 39.6 Å². The Morgan fingerprint density at radius 3 is 0.772 bits per heavy atom. The molecule has 546 valence electrons. The quantitative estimate of drug-likeness (QED) is 0.0222. The number of carbonyl (C=O) groups is 4. The molecule has 0 rings (SSSR count). The summed E-state index contributed by atoms with van der Waals surface area (Å²) in [5.74, 6) is 0.905. The molecule has 19 heteroatoms. The first-order chi connectivity index (χ1) is 44.1. The highest BCUT2D eigenvalue weighted by Gasteiger charge is 2.30. The van der Waals surface area contributed by atoms with Gasteiger partial charge in [-0.05, 0) is 49.4 Å². The molecule has 0 heterocycles. The first-order valence-corrected chi connectivity index (χ1v) is 40.7. The van der Waals surface area contributed by atoms with Crippen molar-refractivity contribution < 1.29 is 80.2 Å². The number of hydrogen-bond acceptors (Lipinski definition) is 15. The number of ether oxygens (including phenoxy) is 4. The van der Waals surface area contributed by atoms with E-state index in [0.29, 0.717) is 25.7 Å². The van der Waals surface area contributed by atoms with Crippen LogP contribution in [-0.2, 0) is 65.4 Å². The largest absolute Gasteiger partial charge is 0.472 e. The molecule has 0 fully saturated rings. The number of esters is 4. The van der Waals surface area contributed by atoms with Crippen molar-refractivity contribution in [3.63, 3.8) is 0 Å². The van der Waals surface area contributed by atoms with Crippen LogP contribution in [0.3, 0.4) is 0 Å². The first-order valence-electron chi connectivity index (χ1n) is 37.7. The van der Waals surface area contributed by atoms with Gasteiger partial charge >= 0.3 is 39.5 Å². The topological polar surface area (TPSA) is 237 Å². The van der Waals surface area contributed by atoms with Gasteiger partial charge in [-0.3, -0.25) is 37.3 Å². The fourth-order valence-electron chi connectivity index (χ4n) is 11.0. The van der Waals surface area contributed by atoms with E-state index in [1.54, 1.807) is 0 Å². The monoisotopic (exact) mass is 1350 g/mol. The predicted octanol–water partition coefficient (Wildman–Crippen LogP) is 20.9. The van der Waals surface area contributed by atoms with E-state index < -0.39 is 97.5 Å². The second-order valence-corrected chi connectivity index (χ2v) is 30.9. The Hall–Kier alpha value is -1.94. The molecule has 3 N–H and O–H groups in total. The van der Waals surface area contributed by atoms with Crippen LogP contribution in [-0.4, -0.2) is 96.7 Å². The van der Waals surface area contributed by atoms with Crippen molar-refractivity contribution in [2.45, 2.75) is 382 Å². The molecular weight excluding hydrogens is 1210 g/mol. The smallest absolute Gasteiger partial charge is 0.462 e. The maximum atomic E-state index is 13.1. The summed E-state index contributed by atoms with van der Waals surface area (Å²) in [7, 11) is -9.91. The van der Waals surface area contributed by atoms with E-state index in [2.05, 4.69) is 55.4 Å². The molecule has 0 saturated heterocycles. The maximum Gasteiger partial charge on any atom is 0.472 e. The molecule has 3 unspecified atom stereocenters. The Kier molecular flexibility index (Phi) is 61.3. The first kappa shape index (κ1) is 90.1. The Labute approximate surface area is 562 Å². The van der Waals surface area contributed by atoms with E-state index in [9.17, 15) is 43.2 Å². The summed E-state index contributed by atoms with van der Waals surface area (Å²) in [5, 5.41) is 10.6. The Balaban J connectivity index is 5.26. The second-order valence-electron chi connectivity index (χ2n) is 28.0. The lowest BCUT2D eigenvalue weighted by Crippen LogP contribution is -2.30. The van der Waals surface area contributed by atoms with Gasteiger partial charge in [0.2, 0.25) is 0 Å². The van der Waals surface area contributed by atoms with Crippen LogP contribution in [0.25, 0.3) is 0 Å². The summed E-state index contributed by atoms with van der Waals surface area (Å²) in [6.07, 6.45) is 45.8. The summed E-state index contributed by atoms with van der Waals surface area (Å²) < 4.78 is 68.4. The SMILES string of the molecule is CCC(C)CCCCCCCCC(=O)OC[C@H](COP(=O)(O)OC[C@H](O)COP(=O)(O)OC[C@@H](COC(=O)CCCCCCCCCCCCCCC(C)C)OC(=O)CCCCCCCCCCCCCC(C)C)OC(=O)CCCCCCCCCCCCC(C)C. The number of phosphoric ester groups is 2. The van der Waals surface area contributed by atoms with Crippen LogP contribution in [0.4, 0.5) is 0 Å². The number of hydrogen-bond donors (Lipinski definition) is 3. The molecule has 0 aromatic rings. The van der Waals surface area contributed by atoms with Gasteiger partial charge < -0.3 is 33.8 Å². The van der Waals surface area contributed by atoms with Crippen LogP contribution in [0.2, 0.25) is 0 Å². The number of phosphoric acid groups is 2. The molecule has 6 atom stereocenters. The van der Waals surface area contributed by atoms with Gasteiger partial charge in [-0.1, -0.05) is 312 Å². The van der Waals surface area contributed by atoms with E-state index in [0.717, 1.165) is 120 Å². The summed E-state index contributed by atoms with van der Waals surface area (Å²) in [6, 6.07) is 0. The van der Waals surface area contributed by atoms with Gasteiger partial charge in [-0.25, -0.2) is 9.13 Å². The van der Waals surface area contributed by atoms with Crippen molar-refractivity contribution in [3.05, 3.63) is 0 Å². The molecule has 0 aromatic carbocycles. The lowest BCUT2D eigenvalue weighted by Gasteiger charge is -2.21. The highest BCUT2D eigenvalue weighted by molar-refractivity contribution is 7.47. The van der Waals surface area contributed by atoms with E-state index >= 15 is 0 Å². The van der Waals surface area contributed by atoms with Crippen LogP contribution in [0.15, 0.2) is 0 Å². The number of carbonyl (C=O) groups excluding carboxylic acids is 4. The molecule has 0 aromatic heterocycles. The molecular formula is C73H142O17P2. The van der Waals surface area contributed by atoms with Gasteiger partial charge in [0.25, 0.3) is 0 Å². The van der Waals surface area contributed by atoms with Crippen LogP contribution >= 0.6 is 15.6 Å². The number of unbranched alkanes of at least 4 members (excludes halogenated alkanes) is 35. The van der Waals surface area contributed by atoms with Gasteiger partial charge in [0.05, 0.1) is 26.4 Å². The maximum absolute atomic E-state index is 13.1. The third kappa shape index (κ3) is 65.4. The Morgan fingerprint density at radius 1 is 0.304 bits per heavy atom. The highest BCUT2D eigenvalue weighted by Crippen LogP contribution is 2.45. The Morgan fingerprint density at radius 2 is 0.522 bits per heavy atom. The van der Waals surface area contributed by atoms with E-state index in [1.807, 2.05) is 0 Å². The lowest BCUT2D eigenvalue weighted by molar-refractivity contribution is -0.161. The molecule has 17 nitrogen and oxygen atoms in total. The standard InChI is InChI=1S/C73H142O17P2/c1-9-66(8)52-44-36-31-32-38-46-54-71(76)84-60-69(90-73(78)56-48-40-30-24-18-17-21-27-35-43-51-65(6)7)62-88-92(81,82)86-58-67(74)57-85-91(79,80)87-61-68(89-72(77)55-47-39-29-23-16-12-14-20-26-34-42-50-64(4)5)59-83-70(75)53-45-37-28-22-15-11-10-13-19-25-33-41-49-63(2)3/h63-69,74H,9-62H2,1-8H3,(H,79,80)(H,81,82)/t66?,67-,68-,69-/m1/s1. The van der Waals surface area contributed by atoms with E-state index in [1.165, 1.54) is 161 Å². The average molecular weight is 1350 g/mol. The zero-order chi connectivity index (χ0) is 68.2. The molecule has 0 aliphatic heterocycles. The summed E-state index contributed by atoms with van der Waals surface area (Å²) in [4.78, 5) is 72.7. The molecule has 0 aliphatic rings. The van der Waals surface area contributed by atoms with Gasteiger partial charge in [-0.2, -0.15) is 0 Å². The third-order valence-corrected chi connectivity index (χ3v) is 19.1. The molecule has 0 bridgehead atoms. The predicted molar refractivity (Wildman–Crippen MR) is 372 cm³/mol. The fraction of sp³-hybridized carbons (Fsp3) is 0.945. The minimum absolute atomic E-state index is 0.105. The molecule has 0 radical (unpaired) electrons.